The molecule has 2 heterocycles. The number of carbonyl (C=O) groups excluding carboxylic acids is 1. The monoisotopic (exact) mass is 329 g/mol. The molecule has 1 atom stereocenters. The maximum Gasteiger partial charge on any atom is 0.226 e. The Hall–Kier alpha value is -2.18. The number of benzene rings is 1. The van der Waals surface area contributed by atoms with E-state index < -0.39 is 0 Å². The standard InChI is InChI=1S/C18H23N3O3/c1-14(22)19-8-7-17-12-21(9-10-23-17)11-16-13-24-18(20-16)15-5-3-2-4-6-15/h2-6,13,17H,7-12H2,1H3,(H,19,22)/t17-/m0/s1. The van der Waals surface area contributed by atoms with Crippen LogP contribution < -0.4 is 5.32 Å². The van der Waals surface area contributed by atoms with Crippen molar-refractivity contribution in [3.05, 3.63) is 42.3 Å². The zero-order chi connectivity index (χ0) is 16.8. The smallest absolute Gasteiger partial charge is 0.226 e. The van der Waals surface area contributed by atoms with Gasteiger partial charge in [-0.15, -0.1) is 0 Å². The fourth-order valence-corrected chi connectivity index (χ4v) is 2.83. The molecule has 0 bridgehead atoms. The lowest BCUT2D eigenvalue weighted by Crippen LogP contribution is -2.43. The molecule has 0 aliphatic carbocycles. The van der Waals surface area contributed by atoms with E-state index in [2.05, 4.69) is 15.2 Å². The van der Waals surface area contributed by atoms with Gasteiger partial charge in [-0.3, -0.25) is 9.69 Å². The molecule has 0 unspecified atom stereocenters. The lowest BCUT2D eigenvalue weighted by molar-refractivity contribution is -0.119. The molecular formula is C18H23N3O3. The summed E-state index contributed by atoms with van der Waals surface area (Å²) in [6.45, 7) is 5.35. The molecule has 3 rings (SSSR count). The van der Waals surface area contributed by atoms with Crippen LogP contribution in [0.4, 0.5) is 0 Å². The summed E-state index contributed by atoms with van der Waals surface area (Å²) >= 11 is 0. The highest BCUT2D eigenvalue weighted by Gasteiger charge is 2.21. The van der Waals surface area contributed by atoms with Gasteiger partial charge in [0.2, 0.25) is 11.8 Å². The first-order valence-corrected chi connectivity index (χ1v) is 8.29. The van der Waals surface area contributed by atoms with Crippen LogP contribution in [-0.2, 0) is 16.1 Å². The van der Waals surface area contributed by atoms with Crippen molar-refractivity contribution in [3.8, 4) is 11.5 Å². The van der Waals surface area contributed by atoms with Gasteiger partial charge in [-0.2, -0.15) is 0 Å². The van der Waals surface area contributed by atoms with Gasteiger partial charge in [0.15, 0.2) is 0 Å². The molecule has 1 aliphatic heterocycles. The van der Waals surface area contributed by atoms with Gasteiger partial charge in [0.1, 0.15) is 6.26 Å². The topological polar surface area (TPSA) is 67.6 Å². The molecule has 1 aromatic carbocycles. The largest absolute Gasteiger partial charge is 0.444 e. The van der Waals surface area contributed by atoms with E-state index in [0.717, 1.165) is 37.3 Å². The highest BCUT2D eigenvalue weighted by atomic mass is 16.5. The van der Waals surface area contributed by atoms with E-state index in [9.17, 15) is 4.79 Å². The molecular weight excluding hydrogens is 306 g/mol. The SMILES string of the molecule is CC(=O)NCC[C@H]1CN(Cc2coc(-c3ccccc3)n2)CCO1. The molecule has 1 fully saturated rings. The summed E-state index contributed by atoms with van der Waals surface area (Å²) in [5.41, 5.74) is 1.91. The summed E-state index contributed by atoms with van der Waals surface area (Å²) in [7, 11) is 0. The normalized spacial score (nSPS) is 18.5. The van der Waals surface area contributed by atoms with E-state index in [4.69, 9.17) is 9.15 Å². The molecule has 128 valence electrons. The van der Waals surface area contributed by atoms with Gasteiger partial charge in [0.25, 0.3) is 0 Å². The second-order valence-corrected chi connectivity index (χ2v) is 6.01. The predicted molar refractivity (Wildman–Crippen MR) is 90.3 cm³/mol. The van der Waals surface area contributed by atoms with Crippen molar-refractivity contribution in [2.45, 2.75) is 26.0 Å². The fraction of sp³-hybridized carbons (Fsp3) is 0.444. The number of rotatable bonds is 6. The minimum atomic E-state index is -0.00120. The first kappa shape index (κ1) is 16.7. The molecule has 2 aromatic rings. The number of nitrogens with zero attached hydrogens (tertiary/aromatic N) is 2. The molecule has 1 N–H and O–H groups in total. The maximum absolute atomic E-state index is 10.9. The summed E-state index contributed by atoms with van der Waals surface area (Å²) < 4.78 is 11.4. The number of aromatic nitrogens is 1. The van der Waals surface area contributed by atoms with E-state index in [1.165, 1.54) is 6.92 Å². The molecule has 0 saturated carbocycles. The fourth-order valence-electron chi connectivity index (χ4n) is 2.83. The number of nitrogens with one attached hydrogen (secondary N) is 1. The van der Waals surface area contributed by atoms with Gasteiger partial charge in [0.05, 0.1) is 18.4 Å². The number of amides is 1. The van der Waals surface area contributed by atoms with Gasteiger partial charge in [-0.1, -0.05) is 18.2 Å². The Labute approximate surface area is 141 Å². The van der Waals surface area contributed by atoms with Crippen molar-refractivity contribution >= 4 is 5.91 Å². The molecule has 6 heteroatoms. The van der Waals surface area contributed by atoms with Crippen molar-refractivity contribution in [3.63, 3.8) is 0 Å². The zero-order valence-electron chi connectivity index (χ0n) is 13.9. The third-order valence-corrected chi connectivity index (χ3v) is 4.02. The molecule has 1 amide bonds. The maximum atomic E-state index is 10.9. The Kier molecular flexibility index (Phi) is 5.61. The average molecular weight is 329 g/mol. The highest BCUT2D eigenvalue weighted by Crippen LogP contribution is 2.19. The predicted octanol–water partition coefficient (Wildman–Crippen LogP) is 2.07. The van der Waals surface area contributed by atoms with Gasteiger partial charge in [-0.25, -0.2) is 4.98 Å². The van der Waals surface area contributed by atoms with E-state index >= 15 is 0 Å². The first-order valence-electron chi connectivity index (χ1n) is 8.29. The molecule has 1 aromatic heterocycles. The molecule has 6 nitrogen and oxygen atoms in total. The molecule has 0 radical (unpaired) electrons. The Morgan fingerprint density at radius 2 is 2.21 bits per heavy atom. The van der Waals surface area contributed by atoms with Crippen molar-refractivity contribution in [2.75, 3.05) is 26.2 Å². The van der Waals surface area contributed by atoms with Crippen molar-refractivity contribution in [1.29, 1.82) is 0 Å². The van der Waals surface area contributed by atoms with E-state index in [1.807, 2.05) is 30.3 Å². The third kappa shape index (κ3) is 4.66. The lowest BCUT2D eigenvalue weighted by atomic mass is 10.2. The summed E-state index contributed by atoms with van der Waals surface area (Å²) in [4.78, 5) is 17.8. The first-order chi connectivity index (χ1) is 11.7. The van der Waals surface area contributed by atoms with Gasteiger partial charge in [0, 0.05) is 38.7 Å². The Morgan fingerprint density at radius 1 is 1.38 bits per heavy atom. The van der Waals surface area contributed by atoms with Crippen molar-refractivity contribution in [2.24, 2.45) is 0 Å². The second-order valence-electron chi connectivity index (χ2n) is 6.01. The van der Waals surface area contributed by atoms with Crippen LogP contribution in [0.5, 0.6) is 0 Å². The molecule has 1 aliphatic rings. The highest BCUT2D eigenvalue weighted by molar-refractivity contribution is 5.72. The van der Waals surface area contributed by atoms with Gasteiger partial charge in [-0.05, 0) is 18.6 Å². The number of hydrogen-bond acceptors (Lipinski definition) is 5. The van der Waals surface area contributed by atoms with Crippen LogP contribution in [0.1, 0.15) is 19.0 Å². The molecule has 1 saturated heterocycles. The van der Waals surface area contributed by atoms with E-state index in [-0.39, 0.29) is 12.0 Å². The molecule has 24 heavy (non-hydrogen) atoms. The van der Waals surface area contributed by atoms with Crippen LogP contribution in [0.2, 0.25) is 0 Å². The minimum absolute atomic E-state index is 0.00120. The number of oxazole rings is 1. The second kappa shape index (κ2) is 8.08. The van der Waals surface area contributed by atoms with E-state index in [1.54, 1.807) is 6.26 Å². The van der Waals surface area contributed by atoms with Crippen molar-refractivity contribution < 1.29 is 13.9 Å². The Bertz CT molecular complexity index is 657. The Balaban J connectivity index is 1.52. The third-order valence-electron chi connectivity index (χ3n) is 4.02. The van der Waals surface area contributed by atoms with Crippen LogP contribution in [0.3, 0.4) is 0 Å². The number of morpholine rings is 1. The number of ether oxygens (including phenoxy) is 1. The average Bonchev–Trinajstić information content (AvgIpc) is 3.04. The lowest BCUT2D eigenvalue weighted by Gasteiger charge is -2.32. The van der Waals surface area contributed by atoms with Crippen LogP contribution in [0.15, 0.2) is 41.0 Å². The number of hydrogen-bond donors (Lipinski definition) is 1. The number of carbonyl (C=O) groups is 1. The summed E-state index contributed by atoms with van der Waals surface area (Å²) in [6.07, 6.45) is 2.69. The van der Waals surface area contributed by atoms with Gasteiger partial charge < -0.3 is 14.5 Å². The summed E-state index contributed by atoms with van der Waals surface area (Å²) in [5.74, 6) is 0.653. The zero-order valence-corrected chi connectivity index (χ0v) is 13.9. The molecule has 0 spiro atoms. The van der Waals surface area contributed by atoms with Gasteiger partial charge >= 0.3 is 0 Å². The van der Waals surface area contributed by atoms with Crippen LogP contribution in [0, 0.1) is 0 Å². The summed E-state index contributed by atoms with van der Waals surface area (Å²) in [5, 5.41) is 2.81. The minimum Gasteiger partial charge on any atom is -0.444 e. The van der Waals surface area contributed by atoms with E-state index in [0.29, 0.717) is 19.0 Å². The van der Waals surface area contributed by atoms with Crippen LogP contribution in [-0.4, -0.2) is 48.1 Å². The van der Waals surface area contributed by atoms with Crippen molar-refractivity contribution in [1.82, 2.24) is 15.2 Å². The quantitative estimate of drug-likeness (QED) is 0.879. The Morgan fingerprint density at radius 3 is 3.00 bits per heavy atom. The van der Waals surface area contributed by atoms with Crippen LogP contribution in [0.25, 0.3) is 11.5 Å². The summed E-state index contributed by atoms with van der Waals surface area (Å²) in [6, 6.07) is 9.90. The van der Waals surface area contributed by atoms with Crippen LogP contribution >= 0.6 is 0 Å².